The number of hydrogen-bond acceptors (Lipinski definition) is 6. The minimum absolute atomic E-state index is 0.141. The molecule has 0 bridgehead atoms. The summed E-state index contributed by atoms with van der Waals surface area (Å²) in [4.78, 5) is 16.8. The van der Waals surface area contributed by atoms with Crippen LogP contribution in [0.1, 0.15) is 48.5 Å². The van der Waals surface area contributed by atoms with Gasteiger partial charge in [-0.15, -0.1) is 0 Å². The molecule has 1 aliphatic heterocycles. The number of hydrogen-bond donors (Lipinski definition) is 1. The summed E-state index contributed by atoms with van der Waals surface area (Å²) in [5.41, 5.74) is 15.3. The molecule has 7 rings (SSSR count). The number of allylic oxidation sites excluding steroid dienone is 2. The molecule has 5 aromatic rings. The highest BCUT2D eigenvalue weighted by atomic mass is 16.5. The largest absolute Gasteiger partial charge is 0.497 e. The molecule has 2 N–H and O–H groups in total. The number of benzene rings is 5. The van der Waals surface area contributed by atoms with E-state index in [1.165, 1.54) is 0 Å². The summed E-state index contributed by atoms with van der Waals surface area (Å²) in [7, 11) is 3.36. The van der Waals surface area contributed by atoms with Crippen molar-refractivity contribution in [2.24, 2.45) is 5.73 Å². The highest BCUT2D eigenvalue weighted by Gasteiger charge is 2.46. The average molecular weight is 689 g/mol. The maximum absolute atomic E-state index is 14.4. The van der Waals surface area contributed by atoms with Crippen molar-refractivity contribution < 1.29 is 19.0 Å². The maximum atomic E-state index is 14.4. The summed E-state index contributed by atoms with van der Waals surface area (Å²) in [5, 5.41) is 0. The third-order valence-electron chi connectivity index (χ3n) is 10.2. The molecule has 6 heteroatoms. The zero-order chi connectivity index (χ0) is 36.1. The van der Waals surface area contributed by atoms with Gasteiger partial charge in [0.1, 0.15) is 11.5 Å². The molecular weight excluding hydrogens is 645 g/mol. The average Bonchev–Trinajstić information content (AvgIpc) is 3.21. The molecule has 0 spiro atoms. The fourth-order valence-corrected chi connectivity index (χ4v) is 7.59. The van der Waals surface area contributed by atoms with Crippen LogP contribution in [0.5, 0.6) is 11.5 Å². The van der Waals surface area contributed by atoms with Crippen LogP contribution in [0.4, 0.5) is 5.69 Å². The normalized spacial score (nSPS) is 19.9. The molecule has 1 heterocycles. The molecule has 52 heavy (non-hydrogen) atoms. The van der Waals surface area contributed by atoms with Crippen LogP contribution in [0.2, 0.25) is 0 Å². The molecule has 6 nitrogen and oxygen atoms in total. The van der Waals surface area contributed by atoms with Crippen molar-refractivity contribution in [1.82, 2.24) is 0 Å². The fraction of sp³-hybridized carbons (Fsp3) is 0.196. The predicted octanol–water partition coefficient (Wildman–Crippen LogP) is 9.66. The van der Waals surface area contributed by atoms with Gasteiger partial charge in [0.15, 0.2) is 0 Å². The monoisotopic (exact) mass is 688 g/mol. The summed E-state index contributed by atoms with van der Waals surface area (Å²) in [5.74, 6) is 1.27. The summed E-state index contributed by atoms with van der Waals surface area (Å²) in [6, 6.07) is 44.7. The van der Waals surface area contributed by atoms with Gasteiger partial charge < -0.3 is 24.8 Å². The Labute approximate surface area is 306 Å². The zero-order valence-electron chi connectivity index (χ0n) is 29.9. The molecular formula is C46H44N2O4. The van der Waals surface area contributed by atoms with Gasteiger partial charge in [0.2, 0.25) is 0 Å². The Bertz CT molecular complexity index is 2100. The van der Waals surface area contributed by atoms with E-state index in [1.54, 1.807) is 14.2 Å². The third-order valence-corrected chi connectivity index (χ3v) is 10.2. The molecule has 0 fully saturated rings. The second kappa shape index (κ2) is 15.2. The minimum atomic E-state index is -0.919. The first-order chi connectivity index (χ1) is 25.4. The number of anilines is 1. The van der Waals surface area contributed by atoms with E-state index in [9.17, 15) is 4.79 Å². The van der Waals surface area contributed by atoms with Gasteiger partial charge in [-0.25, -0.2) is 4.79 Å². The predicted molar refractivity (Wildman–Crippen MR) is 209 cm³/mol. The van der Waals surface area contributed by atoms with Gasteiger partial charge in [-0.2, -0.15) is 0 Å². The van der Waals surface area contributed by atoms with Crippen molar-refractivity contribution in [3.05, 3.63) is 180 Å². The molecule has 5 aromatic carbocycles. The zero-order valence-corrected chi connectivity index (χ0v) is 29.9. The molecule has 0 radical (unpaired) electrons. The van der Waals surface area contributed by atoms with E-state index in [0.717, 1.165) is 56.1 Å². The minimum Gasteiger partial charge on any atom is -0.497 e. The fourth-order valence-electron chi connectivity index (χ4n) is 7.59. The number of nitrogens with two attached hydrogens (primary N) is 1. The molecule has 1 aliphatic carbocycles. The first-order valence-corrected chi connectivity index (χ1v) is 17.8. The summed E-state index contributed by atoms with van der Waals surface area (Å²) in [6.07, 6.45) is 7.39. The number of methoxy groups -OCH3 is 2. The van der Waals surface area contributed by atoms with E-state index in [1.807, 2.05) is 61.5 Å². The van der Waals surface area contributed by atoms with Gasteiger partial charge in [-0.05, 0) is 83.5 Å². The number of ether oxygens (including phenoxy) is 3. The van der Waals surface area contributed by atoms with Crippen LogP contribution in [0.25, 0.3) is 16.7 Å². The standard InChI is InChI=1S/C46H44N2O4/c1-4-52-45(49)43-40(46(47)29-27-33(28-30-46)32-21-25-38(50-2)26-22-32)31-41(35-13-7-5-8-14-35)48(44(43)36-15-9-6-10-16-36)37-23-19-34(20-24-37)39-17-11-12-18-42(39)51-3/h5-29,41,44H,4,30-31,47H2,1-3H3. The molecule has 0 saturated carbocycles. The quantitative estimate of drug-likeness (QED) is 0.147. The lowest BCUT2D eigenvalue weighted by atomic mass is 9.71. The van der Waals surface area contributed by atoms with Gasteiger partial charge in [0.05, 0.1) is 44.0 Å². The van der Waals surface area contributed by atoms with Crippen molar-refractivity contribution in [3.63, 3.8) is 0 Å². The van der Waals surface area contributed by atoms with Crippen LogP contribution in [0.15, 0.2) is 163 Å². The number of rotatable bonds is 10. The smallest absolute Gasteiger partial charge is 0.336 e. The second-order valence-corrected chi connectivity index (χ2v) is 13.2. The highest BCUT2D eigenvalue weighted by molar-refractivity contribution is 5.94. The summed E-state index contributed by atoms with van der Waals surface area (Å²) in [6.45, 7) is 2.10. The Morgan fingerprint density at radius 2 is 1.40 bits per heavy atom. The molecule has 3 unspecified atom stereocenters. The van der Waals surface area contributed by atoms with E-state index in [-0.39, 0.29) is 18.6 Å². The number of nitrogens with zero attached hydrogens (tertiary/aromatic N) is 1. The maximum Gasteiger partial charge on any atom is 0.336 e. The van der Waals surface area contributed by atoms with Crippen LogP contribution < -0.4 is 20.1 Å². The van der Waals surface area contributed by atoms with Crippen molar-refractivity contribution >= 4 is 17.2 Å². The molecule has 3 atom stereocenters. The second-order valence-electron chi connectivity index (χ2n) is 13.2. The highest BCUT2D eigenvalue weighted by Crippen LogP contribution is 2.51. The van der Waals surface area contributed by atoms with E-state index in [2.05, 4.69) is 102 Å². The molecule has 2 aliphatic rings. The SMILES string of the molecule is CCOC(=O)C1=C(C2(N)C=CC(c3ccc(OC)cc3)=CC2)CC(c2ccccc2)N(c2ccc(-c3ccccc3OC)cc2)C1c1ccccc1. The summed E-state index contributed by atoms with van der Waals surface area (Å²) >= 11 is 0. The van der Waals surface area contributed by atoms with Gasteiger partial charge in [0.25, 0.3) is 0 Å². The Morgan fingerprint density at radius 1 is 0.769 bits per heavy atom. The Morgan fingerprint density at radius 3 is 2.02 bits per heavy atom. The van der Waals surface area contributed by atoms with Crippen molar-refractivity contribution in [2.45, 2.75) is 37.4 Å². The van der Waals surface area contributed by atoms with Gasteiger partial charge >= 0.3 is 5.97 Å². The first-order valence-electron chi connectivity index (χ1n) is 17.8. The first kappa shape index (κ1) is 34.6. The number of carbonyl (C=O) groups excluding carboxylic acids is 1. The Balaban J connectivity index is 1.39. The van der Waals surface area contributed by atoms with Crippen molar-refractivity contribution in [1.29, 1.82) is 0 Å². The van der Waals surface area contributed by atoms with Crippen LogP contribution in [0.3, 0.4) is 0 Å². The van der Waals surface area contributed by atoms with Gasteiger partial charge in [0, 0.05) is 11.3 Å². The number of esters is 1. The van der Waals surface area contributed by atoms with Crippen molar-refractivity contribution in [2.75, 3.05) is 25.7 Å². The molecule has 262 valence electrons. The molecule has 0 aromatic heterocycles. The number of para-hydroxylation sites is 1. The van der Waals surface area contributed by atoms with Gasteiger partial charge in [-0.3, -0.25) is 0 Å². The van der Waals surface area contributed by atoms with E-state index in [4.69, 9.17) is 19.9 Å². The van der Waals surface area contributed by atoms with Crippen molar-refractivity contribution in [3.8, 4) is 22.6 Å². The third kappa shape index (κ3) is 6.78. The van der Waals surface area contributed by atoms with Gasteiger partial charge in [-0.1, -0.05) is 121 Å². The molecule has 0 saturated heterocycles. The lowest BCUT2D eigenvalue weighted by Crippen LogP contribution is -2.49. The Hall–Kier alpha value is -5.85. The van der Waals surface area contributed by atoms with E-state index >= 15 is 0 Å². The molecule has 0 amide bonds. The van der Waals surface area contributed by atoms with E-state index < -0.39 is 11.6 Å². The van der Waals surface area contributed by atoms with Crippen LogP contribution in [0, 0.1) is 0 Å². The van der Waals surface area contributed by atoms with Crippen LogP contribution in [-0.4, -0.2) is 32.3 Å². The van der Waals surface area contributed by atoms with E-state index in [0.29, 0.717) is 18.4 Å². The Kier molecular flexibility index (Phi) is 10.1. The lowest BCUT2D eigenvalue weighted by molar-refractivity contribution is -0.139. The summed E-state index contributed by atoms with van der Waals surface area (Å²) < 4.78 is 17.0. The van der Waals surface area contributed by atoms with Crippen LogP contribution >= 0.6 is 0 Å². The lowest BCUT2D eigenvalue weighted by Gasteiger charge is -2.48. The number of carbonyl (C=O) groups is 1. The topological polar surface area (TPSA) is 74.0 Å². The van der Waals surface area contributed by atoms with Crippen LogP contribution in [-0.2, 0) is 9.53 Å².